The highest BCUT2D eigenvalue weighted by atomic mass is 32.2. The van der Waals surface area contributed by atoms with Crippen LogP contribution in [0.4, 0.5) is 0 Å². The van der Waals surface area contributed by atoms with E-state index in [1.165, 1.54) is 6.20 Å². The number of nitrogens with two attached hydrogens (primary N) is 1. The molecular formula is C12H22N4O2S. The summed E-state index contributed by atoms with van der Waals surface area (Å²) in [4.78, 5) is 0.265. The molecule has 0 amide bonds. The molecular weight excluding hydrogens is 264 g/mol. The Bertz CT molecular complexity index is 516. The predicted molar refractivity (Wildman–Crippen MR) is 73.1 cm³/mol. The van der Waals surface area contributed by atoms with Gasteiger partial charge >= 0.3 is 0 Å². The van der Waals surface area contributed by atoms with Crippen LogP contribution in [0, 0.1) is 0 Å². The number of sulfonamides is 1. The van der Waals surface area contributed by atoms with E-state index in [9.17, 15) is 8.42 Å². The Morgan fingerprint density at radius 1 is 1.37 bits per heavy atom. The van der Waals surface area contributed by atoms with Crippen molar-refractivity contribution in [3.63, 3.8) is 0 Å². The Kier molecular flexibility index (Phi) is 4.27. The molecule has 0 radical (unpaired) electrons. The van der Waals surface area contributed by atoms with Crippen LogP contribution >= 0.6 is 0 Å². The second-order valence-corrected chi connectivity index (χ2v) is 7.03. The summed E-state index contributed by atoms with van der Waals surface area (Å²) in [6.45, 7) is 4.91. The SMILES string of the molecule is CC1CCCC(C)N1S(=O)(=O)c1cnn(CCN)c1. The molecule has 1 aliphatic rings. The van der Waals surface area contributed by atoms with E-state index in [1.807, 2.05) is 13.8 Å². The molecule has 1 fully saturated rings. The summed E-state index contributed by atoms with van der Waals surface area (Å²) in [5, 5.41) is 4.05. The monoisotopic (exact) mass is 286 g/mol. The number of nitrogens with zero attached hydrogens (tertiary/aromatic N) is 3. The van der Waals surface area contributed by atoms with Gasteiger partial charge in [-0.3, -0.25) is 4.68 Å². The van der Waals surface area contributed by atoms with E-state index in [2.05, 4.69) is 5.10 Å². The van der Waals surface area contributed by atoms with Gasteiger partial charge in [-0.2, -0.15) is 9.40 Å². The largest absolute Gasteiger partial charge is 0.329 e. The van der Waals surface area contributed by atoms with Gasteiger partial charge in [0.15, 0.2) is 0 Å². The quantitative estimate of drug-likeness (QED) is 0.887. The minimum Gasteiger partial charge on any atom is -0.329 e. The molecule has 2 atom stereocenters. The van der Waals surface area contributed by atoms with Crippen LogP contribution < -0.4 is 5.73 Å². The number of hydrogen-bond donors (Lipinski definition) is 1. The molecule has 2 heterocycles. The summed E-state index contributed by atoms with van der Waals surface area (Å²) in [5.41, 5.74) is 5.45. The molecule has 1 aliphatic heterocycles. The van der Waals surface area contributed by atoms with Crippen LogP contribution in [0.25, 0.3) is 0 Å². The van der Waals surface area contributed by atoms with Crippen molar-refractivity contribution in [2.75, 3.05) is 6.54 Å². The van der Waals surface area contributed by atoms with Crippen molar-refractivity contribution in [1.82, 2.24) is 14.1 Å². The van der Waals surface area contributed by atoms with Crippen LogP contribution in [0.15, 0.2) is 17.3 Å². The summed E-state index contributed by atoms with van der Waals surface area (Å²) >= 11 is 0. The van der Waals surface area contributed by atoms with Gasteiger partial charge in [0.1, 0.15) is 4.90 Å². The highest BCUT2D eigenvalue weighted by Crippen LogP contribution is 2.29. The summed E-state index contributed by atoms with van der Waals surface area (Å²) in [6, 6.07) is 0.0956. The lowest BCUT2D eigenvalue weighted by Crippen LogP contribution is -2.47. The second-order valence-electron chi connectivity index (χ2n) is 5.19. The minimum absolute atomic E-state index is 0.0478. The third kappa shape index (κ3) is 2.82. The molecule has 2 rings (SSSR count). The van der Waals surface area contributed by atoms with E-state index >= 15 is 0 Å². The molecule has 0 bridgehead atoms. The van der Waals surface area contributed by atoms with Gasteiger partial charge < -0.3 is 5.73 Å². The Hall–Kier alpha value is -0.920. The zero-order valence-electron chi connectivity index (χ0n) is 11.5. The van der Waals surface area contributed by atoms with Crippen LogP contribution in [0.5, 0.6) is 0 Å². The summed E-state index contributed by atoms with van der Waals surface area (Å²) in [6.07, 6.45) is 5.90. The average molecular weight is 286 g/mol. The fourth-order valence-electron chi connectivity index (χ4n) is 2.73. The maximum atomic E-state index is 12.7. The number of aromatic nitrogens is 2. The van der Waals surface area contributed by atoms with Crippen LogP contribution in [0.1, 0.15) is 33.1 Å². The summed E-state index contributed by atoms with van der Waals surface area (Å²) in [5.74, 6) is 0. The first-order chi connectivity index (χ1) is 8.96. The summed E-state index contributed by atoms with van der Waals surface area (Å²) < 4.78 is 28.5. The van der Waals surface area contributed by atoms with Crippen molar-refractivity contribution in [2.24, 2.45) is 5.73 Å². The molecule has 1 saturated heterocycles. The highest BCUT2D eigenvalue weighted by Gasteiger charge is 2.36. The lowest BCUT2D eigenvalue weighted by molar-refractivity contribution is 0.204. The van der Waals surface area contributed by atoms with E-state index in [0.717, 1.165) is 19.3 Å². The van der Waals surface area contributed by atoms with Gasteiger partial charge in [0, 0.05) is 24.8 Å². The third-order valence-corrected chi connectivity index (χ3v) is 5.74. The molecule has 2 N–H and O–H groups in total. The highest BCUT2D eigenvalue weighted by molar-refractivity contribution is 7.89. The van der Waals surface area contributed by atoms with E-state index < -0.39 is 10.0 Å². The summed E-state index contributed by atoms with van der Waals surface area (Å²) in [7, 11) is -3.45. The van der Waals surface area contributed by atoms with Crippen molar-refractivity contribution in [2.45, 2.75) is 56.6 Å². The second kappa shape index (κ2) is 5.60. The fourth-order valence-corrected chi connectivity index (χ4v) is 4.56. The zero-order valence-corrected chi connectivity index (χ0v) is 12.3. The van der Waals surface area contributed by atoms with Crippen LogP contribution in [0.2, 0.25) is 0 Å². The molecule has 0 aromatic carbocycles. The molecule has 1 aromatic rings. The Morgan fingerprint density at radius 3 is 2.58 bits per heavy atom. The van der Waals surface area contributed by atoms with Gasteiger partial charge in [0.05, 0.1) is 12.7 Å². The first-order valence-electron chi connectivity index (χ1n) is 6.73. The smallest absolute Gasteiger partial charge is 0.246 e. The van der Waals surface area contributed by atoms with Crippen molar-refractivity contribution in [3.05, 3.63) is 12.4 Å². The van der Waals surface area contributed by atoms with Gasteiger partial charge in [-0.15, -0.1) is 0 Å². The number of rotatable bonds is 4. The predicted octanol–water partition coefficient (Wildman–Crippen LogP) is 0.793. The first-order valence-corrected chi connectivity index (χ1v) is 8.17. The van der Waals surface area contributed by atoms with Gasteiger partial charge in [-0.1, -0.05) is 6.42 Å². The maximum absolute atomic E-state index is 12.7. The van der Waals surface area contributed by atoms with Crippen molar-refractivity contribution < 1.29 is 8.42 Å². The van der Waals surface area contributed by atoms with Crippen molar-refractivity contribution in [1.29, 1.82) is 0 Å². The molecule has 19 heavy (non-hydrogen) atoms. The standard InChI is InChI=1S/C12H22N4O2S/c1-10-4-3-5-11(2)16(10)19(17,18)12-8-14-15(9-12)7-6-13/h8-11H,3-7,13H2,1-2H3. The average Bonchev–Trinajstić information content (AvgIpc) is 2.78. The van der Waals surface area contributed by atoms with E-state index in [0.29, 0.717) is 13.1 Å². The lowest BCUT2D eigenvalue weighted by atomic mass is 10.0. The van der Waals surface area contributed by atoms with Gasteiger partial charge in [0.25, 0.3) is 0 Å². The molecule has 1 aromatic heterocycles. The molecule has 0 aliphatic carbocycles. The number of hydrogen-bond acceptors (Lipinski definition) is 4. The van der Waals surface area contributed by atoms with Crippen LogP contribution in [-0.4, -0.2) is 41.1 Å². The normalized spacial score (nSPS) is 25.6. The van der Waals surface area contributed by atoms with Crippen LogP contribution in [0.3, 0.4) is 0 Å². The topological polar surface area (TPSA) is 81.2 Å². The van der Waals surface area contributed by atoms with Crippen LogP contribution in [-0.2, 0) is 16.6 Å². The van der Waals surface area contributed by atoms with Gasteiger partial charge in [-0.05, 0) is 26.7 Å². The van der Waals surface area contributed by atoms with E-state index in [1.54, 1.807) is 15.2 Å². The molecule has 7 heteroatoms. The van der Waals surface area contributed by atoms with Gasteiger partial charge in [0.2, 0.25) is 10.0 Å². The van der Waals surface area contributed by atoms with Crippen molar-refractivity contribution >= 4 is 10.0 Å². The molecule has 0 spiro atoms. The van der Waals surface area contributed by atoms with Gasteiger partial charge in [-0.25, -0.2) is 8.42 Å². The molecule has 6 nitrogen and oxygen atoms in total. The van der Waals surface area contributed by atoms with E-state index in [-0.39, 0.29) is 17.0 Å². The fraction of sp³-hybridized carbons (Fsp3) is 0.750. The lowest BCUT2D eigenvalue weighted by Gasteiger charge is -2.37. The molecule has 108 valence electrons. The first kappa shape index (κ1) is 14.5. The third-order valence-electron chi connectivity index (χ3n) is 3.66. The number of piperidine rings is 1. The molecule has 0 saturated carbocycles. The minimum atomic E-state index is -3.45. The maximum Gasteiger partial charge on any atom is 0.246 e. The Morgan fingerprint density at radius 2 is 2.00 bits per heavy atom. The Balaban J connectivity index is 2.29. The molecule has 2 unspecified atom stereocenters. The van der Waals surface area contributed by atoms with Crippen molar-refractivity contribution in [3.8, 4) is 0 Å². The zero-order chi connectivity index (χ0) is 14.0. The Labute approximate surface area is 114 Å². The van der Waals surface area contributed by atoms with E-state index in [4.69, 9.17) is 5.73 Å².